The molecule has 0 spiro atoms. The van der Waals surface area contributed by atoms with Gasteiger partial charge in [-0.25, -0.2) is 14.4 Å². The lowest BCUT2D eigenvalue weighted by atomic mass is 10.0. The van der Waals surface area contributed by atoms with Crippen molar-refractivity contribution in [3.8, 4) is 11.5 Å². The van der Waals surface area contributed by atoms with Gasteiger partial charge in [0.15, 0.2) is 16.7 Å². The van der Waals surface area contributed by atoms with Crippen LogP contribution in [-0.2, 0) is 16.1 Å². The van der Waals surface area contributed by atoms with Crippen molar-refractivity contribution in [1.82, 2.24) is 14.9 Å². The summed E-state index contributed by atoms with van der Waals surface area (Å²) in [4.78, 5) is 38.1. The van der Waals surface area contributed by atoms with Crippen molar-refractivity contribution >= 4 is 29.3 Å². The second-order valence-corrected chi connectivity index (χ2v) is 10.2. The standard InChI is InChI=1S/C30H27FN4O4S/c1-19-14-20(2)33-30(32-19)40-17-27(36)35(16-21-6-4-3-5-7-21)28(22-8-10-23(31)11-9-22)29(37)34-24-12-13-25-26(15-24)39-18-38-25/h3-15,28H,16-18H2,1-2H3,(H,34,37)/t28-/m0/s1. The third kappa shape index (κ3) is 6.58. The Morgan fingerprint density at radius 1 is 0.950 bits per heavy atom. The number of benzene rings is 3. The fourth-order valence-corrected chi connectivity index (χ4v) is 5.21. The first-order valence-corrected chi connectivity index (χ1v) is 13.6. The molecule has 3 aromatic carbocycles. The molecule has 2 heterocycles. The molecule has 0 saturated heterocycles. The van der Waals surface area contributed by atoms with Crippen molar-refractivity contribution in [1.29, 1.82) is 0 Å². The number of ether oxygens (including phenoxy) is 2. The average Bonchev–Trinajstić information content (AvgIpc) is 3.40. The summed E-state index contributed by atoms with van der Waals surface area (Å²) < 4.78 is 24.7. The van der Waals surface area contributed by atoms with E-state index in [1.54, 1.807) is 18.2 Å². The quantitative estimate of drug-likeness (QED) is 0.215. The van der Waals surface area contributed by atoms with Crippen LogP contribution in [0.3, 0.4) is 0 Å². The van der Waals surface area contributed by atoms with E-state index in [9.17, 15) is 14.0 Å². The zero-order valence-electron chi connectivity index (χ0n) is 22.0. The number of nitrogens with one attached hydrogen (secondary N) is 1. The number of rotatable bonds is 9. The molecule has 0 fully saturated rings. The first-order valence-electron chi connectivity index (χ1n) is 12.6. The van der Waals surface area contributed by atoms with Crippen LogP contribution >= 0.6 is 11.8 Å². The molecule has 0 saturated carbocycles. The Labute approximate surface area is 235 Å². The highest BCUT2D eigenvalue weighted by Crippen LogP contribution is 2.35. The molecule has 204 valence electrons. The SMILES string of the molecule is Cc1cc(C)nc(SCC(=O)N(Cc2ccccc2)[C@H](C(=O)Nc2ccc3c(c2)OCO3)c2ccc(F)cc2)n1. The maximum atomic E-state index is 13.9. The number of halogens is 1. The van der Waals surface area contributed by atoms with Crippen LogP contribution in [0, 0.1) is 19.7 Å². The lowest BCUT2D eigenvalue weighted by Gasteiger charge is -2.31. The van der Waals surface area contributed by atoms with Crippen LogP contribution in [-0.4, -0.2) is 39.2 Å². The van der Waals surface area contributed by atoms with E-state index in [2.05, 4.69) is 15.3 Å². The number of aryl methyl sites for hydroxylation is 2. The molecular formula is C30H27FN4O4S. The lowest BCUT2D eigenvalue weighted by Crippen LogP contribution is -2.41. The van der Waals surface area contributed by atoms with Gasteiger partial charge in [0, 0.05) is 29.7 Å². The molecule has 5 rings (SSSR count). The van der Waals surface area contributed by atoms with Crippen LogP contribution in [0.25, 0.3) is 0 Å². The number of thioether (sulfide) groups is 1. The van der Waals surface area contributed by atoms with E-state index in [1.807, 2.05) is 50.2 Å². The molecule has 1 aromatic heterocycles. The van der Waals surface area contributed by atoms with Gasteiger partial charge in [-0.05, 0) is 55.3 Å². The second kappa shape index (κ2) is 12.2. The van der Waals surface area contributed by atoms with E-state index >= 15 is 0 Å². The molecule has 0 aliphatic carbocycles. The van der Waals surface area contributed by atoms with Crippen LogP contribution in [0.15, 0.2) is 84.0 Å². The molecule has 10 heteroatoms. The topological polar surface area (TPSA) is 93.7 Å². The summed E-state index contributed by atoms with van der Waals surface area (Å²) in [6.45, 7) is 4.00. The molecule has 0 unspecified atom stereocenters. The number of anilines is 1. The summed E-state index contributed by atoms with van der Waals surface area (Å²) in [5.41, 5.74) is 3.39. The van der Waals surface area contributed by atoms with Crippen molar-refractivity contribution in [2.45, 2.75) is 31.6 Å². The number of hydrogen-bond donors (Lipinski definition) is 1. The Kier molecular flexibility index (Phi) is 8.26. The van der Waals surface area contributed by atoms with Gasteiger partial charge in [-0.2, -0.15) is 0 Å². The van der Waals surface area contributed by atoms with E-state index in [4.69, 9.17) is 9.47 Å². The van der Waals surface area contributed by atoms with Crippen molar-refractivity contribution in [2.24, 2.45) is 0 Å². The Morgan fingerprint density at radius 3 is 2.38 bits per heavy atom. The molecule has 8 nitrogen and oxygen atoms in total. The van der Waals surface area contributed by atoms with Gasteiger partial charge < -0.3 is 19.7 Å². The molecule has 1 atom stereocenters. The van der Waals surface area contributed by atoms with Crippen LogP contribution < -0.4 is 14.8 Å². The van der Waals surface area contributed by atoms with E-state index in [-0.39, 0.29) is 25.0 Å². The highest BCUT2D eigenvalue weighted by Gasteiger charge is 2.32. The van der Waals surface area contributed by atoms with Gasteiger partial charge in [-0.1, -0.05) is 54.2 Å². The average molecular weight is 559 g/mol. The van der Waals surface area contributed by atoms with Gasteiger partial charge >= 0.3 is 0 Å². The predicted molar refractivity (Wildman–Crippen MR) is 150 cm³/mol. The molecule has 1 N–H and O–H groups in total. The van der Waals surface area contributed by atoms with Gasteiger partial charge in [0.2, 0.25) is 12.7 Å². The van der Waals surface area contributed by atoms with Crippen molar-refractivity contribution in [3.63, 3.8) is 0 Å². The minimum atomic E-state index is -1.06. The largest absolute Gasteiger partial charge is 0.454 e. The maximum Gasteiger partial charge on any atom is 0.251 e. The monoisotopic (exact) mass is 558 g/mol. The number of fused-ring (bicyclic) bond motifs is 1. The first-order chi connectivity index (χ1) is 19.4. The second-order valence-electron chi connectivity index (χ2n) is 9.24. The normalized spacial score (nSPS) is 12.6. The smallest absolute Gasteiger partial charge is 0.251 e. The molecule has 40 heavy (non-hydrogen) atoms. The van der Waals surface area contributed by atoms with Crippen LogP contribution in [0.2, 0.25) is 0 Å². The third-order valence-electron chi connectivity index (χ3n) is 6.19. The van der Waals surface area contributed by atoms with Gasteiger partial charge in [0.25, 0.3) is 5.91 Å². The molecule has 0 radical (unpaired) electrons. The Morgan fingerprint density at radius 2 is 1.65 bits per heavy atom. The summed E-state index contributed by atoms with van der Waals surface area (Å²) >= 11 is 1.20. The van der Waals surface area contributed by atoms with Crippen LogP contribution in [0.4, 0.5) is 10.1 Å². The summed E-state index contributed by atoms with van der Waals surface area (Å²) in [5.74, 6) is -0.0980. The van der Waals surface area contributed by atoms with Crippen molar-refractivity contribution in [3.05, 3.63) is 107 Å². The minimum absolute atomic E-state index is 0.00469. The molecule has 1 aliphatic heterocycles. The summed E-state index contributed by atoms with van der Waals surface area (Å²) in [7, 11) is 0. The molecule has 4 aromatic rings. The number of nitrogens with zero attached hydrogens (tertiary/aromatic N) is 3. The molecule has 2 amide bonds. The molecule has 1 aliphatic rings. The third-order valence-corrected chi connectivity index (χ3v) is 7.02. The summed E-state index contributed by atoms with van der Waals surface area (Å²) in [5, 5.41) is 3.38. The van der Waals surface area contributed by atoms with Gasteiger partial charge in [0.05, 0.1) is 5.75 Å². The summed E-state index contributed by atoms with van der Waals surface area (Å²) in [6, 6.07) is 20.9. The van der Waals surface area contributed by atoms with Gasteiger partial charge in [-0.15, -0.1) is 0 Å². The molecule has 0 bridgehead atoms. The van der Waals surface area contributed by atoms with E-state index in [1.165, 1.54) is 40.9 Å². The van der Waals surface area contributed by atoms with E-state index in [0.717, 1.165) is 17.0 Å². The highest BCUT2D eigenvalue weighted by molar-refractivity contribution is 7.99. The van der Waals surface area contributed by atoms with Crippen LogP contribution in [0.1, 0.15) is 28.6 Å². The number of hydrogen-bond acceptors (Lipinski definition) is 7. The fraction of sp³-hybridized carbons (Fsp3) is 0.200. The van der Waals surface area contributed by atoms with E-state index in [0.29, 0.717) is 27.9 Å². The van der Waals surface area contributed by atoms with E-state index < -0.39 is 17.8 Å². The van der Waals surface area contributed by atoms with Crippen molar-refractivity contribution in [2.75, 3.05) is 17.9 Å². The number of carbonyl (C=O) groups excluding carboxylic acids is 2. The zero-order valence-corrected chi connectivity index (χ0v) is 22.8. The Balaban J connectivity index is 1.47. The van der Waals surface area contributed by atoms with Crippen molar-refractivity contribution < 1.29 is 23.5 Å². The van der Waals surface area contributed by atoms with Gasteiger partial charge in [-0.3, -0.25) is 9.59 Å². The Bertz CT molecular complexity index is 1500. The molecular weight excluding hydrogens is 531 g/mol. The maximum absolute atomic E-state index is 13.9. The predicted octanol–water partition coefficient (Wildman–Crippen LogP) is 5.46. The number of carbonyl (C=O) groups is 2. The fourth-order valence-electron chi connectivity index (χ4n) is 4.37. The summed E-state index contributed by atoms with van der Waals surface area (Å²) in [6.07, 6.45) is 0. The van der Waals surface area contributed by atoms with Gasteiger partial charge in [0.1, 0.15) is 11.9 Å². The first kappa shape index (κ1) is 27.1. The highest BCUT2D eigenvalue weighted by atomic mass is 32.2. The number of amides is 2. The Hall–Kier alpha value is -4.44. The number of aromatic nitrogens is 2. The lowest BCUT2D eigenvalue weighted by molar-refractivity contribution is -0.137. The zero-order chi connectivity index (χ0) is 28.1. The van der Waals surface area contributed by atoms with Crippen LogP contribution in [0.5, 0.6) is 11.5 Å². The minimum Gasteiger partial charge on any atom is -0.454 e.